The van der Waals surface area contributed by atoms with Gasteiger partial charge in [0, 0.05) is 10.9 Å². The van der Waals surface area contributed by atoms with E-state index in [1.807, 2.05) is 0 Å². The third kappa shape index (κ3) is 4.31. The van der Waals surface area contributed by atoms with Crippen LogP contribution in [0.2, 0.25) is 0 Å². The fourth-order valence-electron chi connectivity index (χ4n) is 3.31. The Morgan fingerprint density at radius 3 is 2.31 bits per heavy atom. The van der Waals surface area contributed by atoms with Gasteiger partial charge in [-0.3, -0.25) is 0 Å². The SMILES string of the molecule is CN(C)CCCc1cc2cc(C(C)(C)C)ccc2nc1-c1ccccc1. The van der Waals surface area contributed by atoms with Crippen LogP contribution >= 0.6 is 0 Å². The van der Waals surface area contributed by atoms with Gasteiger partial charge in [0.15, 0.2) is 0 Å². The number of benzene rings is 2. The fraction of sp³-hybridized carbons (Fsp3) is 0.375. The maximum atomic E-state index is 5.05. The molecule has 1 heterocycles. The van der Waals surface area contributed by atoms with Crippen LogP contribution in [-0.4, -0.2) is 30.5 Å². The van der Waals surface area contributed by atoms with Gasteiger partial charge in [-0.1, -0.05) is 57.2 Å². The number of aryl methyl sites for hydroxylation is 1. The summed E-state index contributed by atoms with van der Waals surface area (Å²) in [5, 5.41) is 1.25. The highest BCUT2D eigenvalue weighted by Gasteiger charge is 2.15. The van der Waals surface area contributed by atoms with Crippen LogP contribution in [0.15, 0.2) is 54.6 Å². The number of fused-ring (bicyclic) bond motifs is 1. The second-order valence-corrected chi connectivity index (χ2v) is 8.43. The molecule has 2 aromatic carbocycles. The molecule has 0 fully saturated rings. The normalized spacial score (nSPS) is 12.1. The van der Waals surface area contributed by atoms with Gasteiger partial charge in [-0.15, -0.1) is 0 Å². The van der Waals surface area contributed by atoms with Crippen molar-refractivity contribution < 1.29 is 0 Å². The Labute approximate surface area is 157 Å². The van der Waals surface area contributed by atoms with E-state index >= 15 is 0 Å². The minimum absolute atomic E-state index is 0.150. The minimum atomic E-state index is 0.150. The third-order valence-corrected chi connectivity index (χ3v) is 4.86. The van der Waals surface area contributed by atoms with Gasteiger partial charge < -0.3 is 4.90 Å². The lowest BCUT2D eigenvalue weighted by molar-refractivity contribution is 0.400. The standard InChI is InChI=1S/C24H30N2/c1-24(2,3)21-13-14-22-20(17-21)16-19(12-9-15-26(4)5)23(25-22)18-10-7-6-8-11-18/h6-8,10-11,13-14,16-17H,9,12,15H2,1-5H3. The molecule has 0 aliphatic carbocycles. The molecule has 3 rings (SSSR count). The summed E-state index contributed by atoms with van der Waals surface area (Å²) in [7, 11) is 4.26. The van der Waals surface area contributed by atoms with Crippen LogP contribution in [0.25, 0.3) is 22.2 Å². The summed E-state index contributed by atoms with van der Waals surface area (Å²) in [6.07, 6.45) is 2.18. The molecular formula is C24H30N2. The molecule has 0 aliphatic heterocycles. The van der Waals surface area contributed by atoms with E-state index in [0.717, 1.165) is 30.6 Å². The van der Waals surface area contributed by atoms with Gasteiger partial charge in [-0.25, -0.2) is 4.98 Å². The number of aromatic nitrogens is 1. The van der Waals surface area contributed by atoms with Crippen molar-refractivity contribution in [1.82, 2.24) is 9.88 Å². The summed E-state index contributed by atoms with van der Waals surface area (Å²) in [4.78, 5) is 7.30. The smallest absolute Gasteiger partial charge is 0.0741 e. The van der Waals surface area contributed by atoms with E-state index in [0.29, 0.717) is 0 Å². The first-order valence-corrected chi connectivity index (χ1v) is 9.49. The van der Waals surface area contributed by atoms with E-state index in [9.17, 15) is 0 Å². The molecule has 0 spiro atoms. The first kappa shape index (κ1) is 18.6. The number of hydrogen-bond acceptors (Lipinski definition) is 2. The van der Waals surface area contributed by atoms with Gasteiger partial charge >= 0.3 is 0 Å². The van der Waals surface area contributed by atoms with Gasteiger partial charge in [0.2, 0.25) is 0 Å². The lowest BCUT2D eigenvalue weighted by Crippen LogP contribution is -2.14. The van der Waals surface area contributed by atoms with E-state index in [2.05, 4.69) is 94.4 Å². The topological polar surface area (TPSA) is 16.1 Å². The zero-order chi connectivity index (χ0) is 18.7. The van der Waals surface area contributed by atoms with Crippen LogP contribution in [0, 0.1) is 0 Å². The van der Waals surface area contributed by atoms with Crippen molar-refractivity contribution in [2.75, 3.05) is 20.6 Å². The Morgan fingerprint density at radius 2 is 1.65 bits per heavy atom. The summed E-state index contributed by atoms with van der Waals surface area (Å²) in [6.45, 7) is 7.88. The Hall–Kier alpha value is -2.19. The summed E-state index contributed by atoms with van der Waals surface area (Å²) in [6, 6.07) is 19.6. The Bertz CT molecular complexity index is 874. The molecule has 2 heteroatoms. The minimum Gasteiger partial charge on any atom is -0.309 e. The predicted octanol–water partition coefficient (Wildman–Crippen LogP) is 5.69. The number of hydrogen-bond donors (Lipinski definition) is 0. The Kier molecular flexibility index (Phi) is 5.43. The molecule has 0 unspecified atom stereocenters. The predicted molar refractivity (Wildman–Crippen MR) is 113 cm³/mol. The molecular weight excluding hydrogens is 316 g/mol. The highest BCUT2D eigenvalue weighted by atomic mass is 15.0. The number of nitrogens with zero attached hydrogens (tertiary/aromatic N) is 2. The first-order valence-electron chi connectivity index (χ1n) is 9.49. The molecule has 1 aromatic heterocycles. The molecule has 26 heavy (non-hydrogen) atoms. The van der Waals surface area contributed by atoms with Gasteiger partial charge in [0.05, 0.1) is 11.2 Å². The molecule has 0 saturated heterocycles. The summed E-state index contributed by atoms with van der Waals surface area (Å²) >= 11 is 0. The van der Waals surface area contributed by atoms with E-state index in [4.69, 9.17) is 4.98 Å². The van der Waals surface area contributed by atoms with Crippen molar-refractivity contribution in [3.63, 3.8) is 0 Å². The lowest BCUT2D eigenvalue weighted by atomic mass is 9.86. The van der Waals surface area contributed by atoms with Crippen molar-refractivity contribution in [2.45, 2.75) is 39.0 Å². The zero-order valence-electron chi connectivity index (χ0n) is 16.7. The van der Waals surface area contributed by atoms with Crippen molar-refractivity contribution in [2.24, 2.45) is 0 Å². The van der Waals surface area contributed by atoms with Crippen molar-refractivity contribution in [1.29, 1.82) is 0 Å². The molecule has 3 aromatic rings. The molecule has 0 radical (unpaired) electrons. The van der Waals surface area contributed by atoms with Gasteiger partial charge in [-0.2, -0.15) is 0 Å². The van der Waals surface area contributed by atoms with E-state index in [1.165, 1.54) is 22.1 Å². The van der Waals surface area contributed by atoms with Crippen LogP contribution in [0.3, 0.4) is 0 Å². The first-order chi connectivity index (χ1) is 12.3. The monoisotopic (exact) mass is 346 g/mol. The second-order valence-electron chi connectivity index (χ2n) is 8.43. The molecule has 0 saturated carbocycles. The maximum Gasteiger partial charge on any atom is 0.0741 e. The average molecular weight is 347 g/mol. The molecule has 0 atom stereocenters. The summed E-state index contributed by atoms with van der Waals surface area (Å²) < 4.78 is 0. The quantitative estimate of drug-likeness (QED) is 0.589. The lowest BCUT2D eigenvalue weighted by Gasteiger charge is -2.20. The van der Waals surface area contributed by atoms with Crippen LogP contribution in [-0.2, 0) is 11.8 Å². The van der Waals surface area contributed by atoms with E-state index < -0.39 is 0 Å². The van der Waals surface area contributed by atoms with Gasteiger partial charge in [-0.05, 0) is 68.2 Å². The third-order valence-electron chi connectivity index (χ3n) is 4.86. The Balaban J connectivity index is 2.08. The second kappa shape index (κ2) is 7.59. The highest BCUT2D eigenvalue weighted by Crippen LogP contribution is 2.30. The van der Waals surface area contributed by atoms with Crippen molar-refractivity contribution >= 4 is 10.9 Å². The summed E-state index contributed by atoms with van der Waals surface area (Å²) in [5.41, 5.74) is 6.26. The number of pyridine rings is 1. The van der Waals surface area contributed by atoms with Crippen molar-refractivity contribution in [3.8, 4) is 11.3 Å². The summed E-state index contributed by atoms with van der Waals surface area (Å²) in [5.74, 6) is 0. The maximum absolute atomic E-state index is 5.05. The van der Waals surface area contributed by atoms with Crippen molar-refractivity contribution in [3.05, 3.63) is 65.7 Å². The Morgan fingerprint density at radius 1 is 0.923 bits per heavy atom. The van der Waals surface area contributed by atoms with E-state index in [-0.39, 0.29) is 5.41 Å². The largest absolute Gasteiger partial charge is 0.309 e. The molecule has 0 amide bonds. The highest BCUT2D eigenvalue weighted by molar-refractivity contribution is 5.84. The average Bonchev–Trinajstić information content (AvgIpc) is 2.60. The van der Waals surface area contributed by atoms with Crippen LogP contribution in [0.1, 0.15) is 38.3 Å². The van der Waals surface area contributed by atoms with Gasteiger partial charge in [0.1, 0.15) is 0 Å². The van der Waals surface area contributed by atoms with E-state index in [1.54, 1.807) is 0 Å². The molecule has 0 aliphatic rings. The number of rotatable bonds is 5. The van der Waals surface area contributed by atoms with Gasteiger partial charge in [0.25, 0.3) is 0 Å². The molecule has 136 valence electrons. The zero-order valence-corrected chi connectivity index (χ0v) is 16.7. The molecule has 0 N–H and O–H groups in total. The molecule has 0 bridgehead atoms. The van der Waals surface area contributed by atoms with Crippen LogP contribution < -0.4 is 0 Å². The fourth-order valence-corrected chi connectivity index (χ4v) is 3.31. The molecule has 2 nitrogen and oxygen atoms in total. The van der Waals surface area contributed by atoms with Crippen LogP contribution in [0.4, 0.5) is 0 Å². The van der Waals surface area contributed by atoms with Crippen LogP contribution in [0.5, 0.6) is 0 Å².